The number of hydrogen-bond donors (Lipinski definition) is 1. The topological polar surface area (TPSA) is 38.1 Å². The summed E-state index contributed by atoms with van der Waals surface area (Å²) in [5.41, 5.74) is 0.871. The Morgan fingerprint density at radius 3 is 3.17 bits per heavy atom. The van der Waals surface area contributed by atoms with Gasteiger partial charge in [-0.05, 0) is 30.5 Å². The Morgan fingerprint density at radius 2 is 2.33 bits per heavy atom. The number of thiophene rings is 1. The minimum Gasteiger partial charge on any atom is -0.464 e. The summed E-state index contributed by atoms with van der Waals surface area (Å²) in [6, 6.07) is 8.42. The van der Waals surface area contributed by atoms with Crippen LogP contribution in [0.3, 0.4) is 0 Å². The highest BCUT2D eigenvalue weighted by Crippen LogP contribution is 2.23. The second-order valence-corrected chi connectivity index (χ2v) is 5.35. The van der Waals surface area contributed by atoms with E-state index in [-0.39, 0.29) is 0 Å². The minimum absolute atomic E-state index is 0.344. The van der Waals surface area contributed by atoms with E-state index in [0.29, 0.717) is 6.04 Å². The fourth-order valence-corrected chi connectivity index (χ4v) is 2.86. The molecule has 3 aromatic rings. The monoisotopic (exact) mass is 258 g/mol. The first kappa shape index (κ1) is 11.3. The molecule has 3 heterocycles. The molecule has 3 nitrogen and oxygen atoms in total. The molecule has 3 rings (SSSR count). The molecule has 0 saturated heterocycles. The Balaban J connectivity index is 1.77. The Morgan fingerprint density at radius 1 is 1.39 bits per heavy atom. The zero-order valence-electron chi connectivity index (χ0n) is 10.1. The van der Waals surface area contributed by atoms with Crippen LogP contribution in [-0.2, 0) is 6.42 Å². The predicted octanol–water partition coefficient (Wildman–Crippen LogP) is 3.93. The van der Waals surface area contributed by atoms with Crippen molar-refractivity contribution in [3.05, 3.63) is 47.0 Å². The Bertz CT molecular complexity index is 630. The molecule has 0 aliphatic heterocycles. The number of anilines is 1. The summed E-state index contributed by atoms with van der Waals surface area (Å²) in [6.45, 7) is 2.17. The van der Waals surface area contributed by atoms with Crippen molar-refractivity contribution in [2.75, 3.05) is 5.32 Å². The lowest BCUT2D eigenvalue weighted by atomic mass is 10.2. The van der Waals surface area contributed by atoms with E-state index in [1.165, 1.54) is 4.88 Å². The number of pyridine rings is 1. The van der Waals surface area contributed by atoms with Gasteiger partial charge in [-0.1, -0.05) is 6.07 Å². The van der Waals surface area contributed by atoms with E-state index in [9.17, 15) is 0 Å². The van der Waals surface area contributed by atoms with E-state index in [1.54, 1.807) is 23.8 Å². The van der Waals surface area contributed by atoms with Crippen molar-refractivity contribution in [3.8, 4) is 0 Å². The van der Waals surface area contributed by atoms with Crippen LogP contribution in [0.15, 0.2) is 46.5 Å². The van der Waals surface area contributed by atoms with Gasteiger partial charge in [0.2, 0.25) is 0 Å². The molecule has 1 unspecified atom stereocenters. The highest BCUT2D eigenvalue weighted by molar-refractivity contribution is 7.09. The maximum atomic E-state index is 5.37. The maximum Gasteiger partial charge on any atom is 0.139 e. The normalized spacial score (nSPS) is 12.7. The van der Waals surface area contributed by atoms with Crippen LogP contribution < -0.4 is 5.32 Å². The molecule has 1 atom stereocenters. The van der Waals surface area contributed by atoms with Crippen molar-refractivity contribution in [1.82, 2.24) is 4.98 Å². The van der Waals surface area contributed by atoms with E-state index >= 15 is 0 Å². The fourth-order valence-electron chi connectivity index (χ4n) is 2.02. The number of nitrogens with one attached hydrogen (secondary N) is 1. The molecule has 0 aliphatic carbocycles. The average Bonchev–Trinajstić information content (AvgIpc) is 2.99. The van der Waals surface area contributed by atoms with Gasteiger partial charge in [-0.2, -0.15) is 0 Å². The summed E-state index contributed by atoms with van der Waals surface area (Å²) in [5, 5.41) is 6.59. The molecule has 0 aliphatic rings. The molecule has 0 radical (unpaired) electrons. The van der Waals surface area contributed by atoms with Crippen molar-refractivity contribution in [2.24, 2.45) is 0 Å². The van der Waals surface area contributed by atoms with Crippen LogP contribution in [0.5, 0.6) is 0 Å². The van der Waals surface area contributed by atoms with Gasteiger partial charge >= 0.3 is 0 Å². The third-order valence-corrected chi connectivity index (χ3v) is 3.75. The second-order valence-electron chi connectivity index (χ2n) is 4.32. The van der Waals surface area contributed by atoms with Gasteiger partial charge in [0.05, 0.1) is 11.6 Å². The smallest absolute Gasteiger partial charge is 0.139 e. The number of fused-ring (bicyclic) bond motifs is 1. The molecular formula is C14H14N2OS. The molecule has 3 aromatic heterocycles. The summed E-state index contributed by atoms with van der Waals surface area (Å²) < 4.78 is 5.37. The van der Waals surface area contributed by atoms with Crippen LogP contribution in [0.4, 0.5) is 5.82 Å². The highest BCUT2D eigenvalue weighted by Gasteiger charge is 2.09. The van der Waals surface area contributed by atoms with E-state index in [4.69, 9.17) is 4.42 Å². The predicted molar refractivity (Wildman–Crippen MR) is 75.1 cm³/mol. The van der Waals surface area contributed by atoms with Crippen molar-refractivity contribution < 1.29 is 4.42 Å². The first-order valence-electron chi connectivity index (χ1n) is 5.94. The van der Waals surface area contributed by atoms with Gasteiger partial charge < -0.3 is 9.73 Å². The largest absolute Gasteiger partial charge is 0.464 e. The standard InChI is InChI=1S/C14H14N2OS/c1-10(9-11-3-2-8-18-11)16-14-12-5-7-17-13(12)4-6-15-14/h2-8,10H,9H2,1H3,(H,15,16). The van der Waals surface area contributed by atoms with Gasteiger partial charge in [0, 0.05) is 23.5 Å². The molecule has 4 heteroatoms. The molecule has 1 N–H and O–H groups in total. The average molecular weight is 258 g/mol. The lowest BCUT2D eigenvalue weighted by molar-refractivity contribution is 0.615. The second kappa shape index (κ2) is 4.82. The van der Waals surface area contributed by atoms with E-state index in [1.807, 2.05) is 12.1 Å². The number of furan rings is 1. The molecule has 0 amide bonds. The zero-order chi connectivity index (χ0) is 12.4. The van der Waals surface area contributed by atoms with E-state index in [0.717, 1.165) is 23.2 Å². The van der Waals surface area contributed by atoms with Gasteiger partial charge in [-0.15, -0.1) is 11.3 Å². The fraction of sp³-hybridized carbons (Fsp3) is 0.214. The minimum atomic E-state index is 0.344. The van der Waals surface area contributed by atoms with Gasteiger partial charge in [-0.3, -0.25) is 0 Å². The first-order chi connectivity index (χ1) is 8.83. The number of nitrogens with zero attached hydrogens (tertiary/aromatic N) is 1. The van der Waals surface area contributed by atoms with Gasteiger partial charge in [0.15, 0.2) is 0 Å². The quantitative estimate of drug-likeness (QED) is 0.770. The Hall–Kier alpha value is -1.81. The van der Waals surface area contributed by atoms with E-state index < -0.39 is 0 Å². The molecule has 0 fully saturated rings. The van der Waals surface area contributed by atoms with Crippen molar-refractivity contribution in [1.29, 1.82) is 0 Å². The van der Waals surface area contributed by atoms with E-state index in [2.05, 4.69) is 34.7 Å². The van der Waals surface area contributed by atoms with Gasteiger partial charge in [-0.25, -0.2) is 4.98 Å². The summed E-state index contributed by atoms with van der Waals surface area (Å²) >= 11 is 1.79. The highest BCUT2D eigenvalue weighted by atomic mass is 32.1. The number of rotatable bonds is 4. The van der Waals surface area contributed by atoms with Crippen LogP contribution in [-0.4, -0.2) is 11.0 Å². The van der Waals surface area contributed by atoms with Crippen LogP contribution in [0.1, 0.15) is 11.8 Å². The maximum absolute atomic E-state index is 5.37. The number of aromatic nitrogens is 1. The Labute approximate surface area is 109 Å². The van der Waals surface area contributed by atoms with Gasteiger partial charge in [0.1, 0.15) is 11.4 Å². The van der Waals surface area contributed by atoms with Crippen LogP contribution in [0, 0.1) is 0 Å². The summed E-state index contributed by atoms with van der Waals surface area (Å²) in [5.74, 6) is 0.894. The molecule has 0 saturated carbocycles. The molecule has 18 heavy (non-hydrogen) atoms. The molecule has 0 spiro atoms. The molecular weight excluding hydrogens is 244 g/mol. The molecule has 0 bridgehead atoms. The van der Waals surface area contributed by atoms with Crippen LogP contribution in [0.2, 0.25) is 0 Å². The van der Waals surface area contributed by atoms with Gasteiger partial charge in [0.25, 0.3) is 0 Å². The summed E-state index contributed by atoms with van der Waals surface area (Å²) in [6.07, 6.45) is 4.47. The van der Waals surface area contributed by atoms with Crippen molar-refractivity contribution in [3.63, 3.8) is 0 Å². The van der Waals surface area contributed by atoms with Crippen molar-refractivity contribution >= 4 is 28.1 Å². The van der Waals surface area contributed by atoms with Crippen LogP contribution in [0.25, 0.3) is 11.0 Å². The van der Waals surface area contributed by atoms with Crippen LogP contribution >= 0.6 is 11.3 Å². The first-order valence-corrected chi connectivity index (χ1v) is 6.82. The summed E-state index contributed by atoms with van der Waals surface area (Å²) in [7, 11) is 0. The third-order valence-electron chi connectivity index (χ3n) is 2.85. The lowest BCUT2D eigenvalue weighted by Crippen LogP contribution is -2.18. The SMILES string of the molecule is CC(Cc1cccs1)Nc1nccc2occc12. The Kier molecular flexibility index (Phi) is 3.02. The lowest BCUT2D eigenvalue weighted by Gasteiger charge is -2.13. The third kappa shape index (κ3) is 2.24. The molecule has 0 aromatic carbocycles. The molecule has 92 valence electrons. The number of hydrogen-bond acceptors (Lipinski definition) is 4. The van der Waals surface area contributed by atoms with Crippen molar-refractivity contribution in [2.45, 2.75) is 19.4 Å². The summed E-state index contributed by atoms with van der Waals surface area (Å²) in [4.78, 5) is 5.76. The zero-order valence-corrected chi connectivity index (χ0v) is 10.9.